The van der Waals surface area contributed by atoms with E-state index in [4.69, 9.17) is 0 Å². The number of carboxylic acid groups (broad SMARTS) is 1. The fourth-order valence-corrected chi connectivity index (χ4v) is 2.35. The molecule has 0 aliphatic rings. The first-order valence-electron chi connectivity index (χ1n) is 7.36. The Kier molecular flexibility index (Phi) is 4.47. The summed E-state index contributed by atoms with van der Waals surface area (Å²) >= 11 is 0. The van der Waals surface area contributed by atoms with E-state index in [0.29, 0.717) is 11.3 Å². The van der Waals surface area contributed by atoms with Crippen LogP contribution in [0.15, 0.2) is 77.8 Å². The maximum Gasteiger partial charge on any atom is 0.336 e. The second kappa shape index (κ2) is 6.87. The van der Waals surface area contributed by atoms with Gasteiger partial charge in [-0.15, -0.1) is 0 Å². The van der Waals surface area contributed by atoms with Gasteiger partial charge in [-0.05, 0) is 47.0 Å². The third kappa shape index (κ3) is 3.55. The van der Waals surface area contributed by atoms with Crippen LogP contribution < -0.4 is 0 Å². The smallest absolute Gasteiger partial charge is 0.336 e. The molecule has 0 heterocycles. The lowest BCUT2D eigenvalue weighted by Crippen LogP contribution is -1.98. The zero-order chi connectivity index (χ0) is 16.9. The highest BCUT2D eigenvalue weighted by molar-refractivity contribution is 5.96. The van der Waals surface area contributed by atoms with Crippen LogP contribution in [0.3, 0.4) is 0 Å². The summed E-state index contributed by atoms with van der Waals surface area (Å²) in [4.78, 5) is 15.6. The van der Waals surface area contributed by atoms with Crippen LogP contribution in [0.25, 0.3) is 11.1 Å². The molecule has 3 rings (SSSR count). The SMILES string of the molecule is O=C(O)c1ccccc1-c1ccc(/C=N/c2ccc(F)cc2)cc1. The topological polar surface area (TPSA) is 49.7 Å². The van der Waals surface area contributed by atoms with E-state index < -0.39 is 5.97 Å². The number of aromatic carboxylic acids is 1. The first-order chi connectivity index (χ1) is 11.6. The van der Waals surface area contributed by atoms with Gasteiger partial charge in [-0.1, -0.05) is 42.5 Å². The van der Waals surface area contributed by atoms with Crippen molar-refractivity contribution in [3.05, 3.63) is 89.7 Å². The van der Waals surface area contributed by atoms with E-state index >= 15 is 0 Å². The van der Waals surface area contributed by atoms with Crippen LogP contribution in [0.2, 0.25) is 0 Å². The Morgan fingerprint density at radius 2 is 1.58 bits per heavy atom. The Labute approximate surface area is 138 Å². The average Bonchev–Trinajstić information content (AvgIpc) is 2.62. The summed E-state index contributed by atoms with van der Waals surface area (Å²) in [7, 11) is 0. The van der Waals surface area contributed by atoms with Gasteiger partial charge in [0, 0.05) is 6.21 Å². The molecule has 3 aromatic carbocycles. The van der Waals surface area contributed by atoms with Crippen molar-refractivity contribution in [1.29, 1.82) is 0 Å². The molecule has 0 aliphatic heterocycles. The summed E-state index contributed by atoms with van der Waals surface area (Å²) in [6.07, 6.45) is 1.68. The van der Waals surface area contributed by atoms with Gasteiger partial charge in [-0.2, -0.15) is 0 Å². The van der Waals surface area contributed by atoms with Gasteiger partial charge in [-0.3, -0.25) is 4.99 Å². The molecule has 0 atom stereocenters. The van der Waals surface area contributed by atoms with E-state index in [-0.39, 0.29) is 11.4 Å². The quantitative estimate of drug-likeness (QED) is 0.692. The van der Waals surface area contributed by atoms with Crippen LogP contribution >= 0.6 is 0 Å². The molecular weight excluding hydrogens is 305 g/mol. The monoisotopic (exact) mass is 319 g/mol. The third-order valence-corrected chi connectivity index (χ3v) is 3.57. The summed E-state index contributed by atoms with van der Waals surface area (Å²) in [6.45, 7) is 0. The Balaban J connectivity index is 1.83. The van der Waals surface area contributed by atoms with Crippen LogP contribution in [0.1, 0.15) is 15.9 Å². The number of rotatable bonds is 4. The molecule has 3 nitrogen and oxygen atoms in total. The summed E-state index contributed by atoms with van der Waals surface area (Å²) in [5.74, 6) is -1.25. The number of aliphatic imine (C=N–C) groups is 1. The van der Waals surface area contributed by atoms with Crippen LogP contribution in [0, 0.1) is 5.82 Å². The lowest BCUT2D eigenvalue weighted by Gasteiger charge is -2.06. The van der Waals surface area contributed by atoms with Gasteiger partial charge in [0.25, 0.3) is 0 Å². The maximum absolute atomic E-state index is 12.9. The second-order valence-electron chi connectivity index (χ2n) is 5.21. The largest absolute Gasteiger partial charge is 0.478 e. The molecule has 0 saturated carbocycles. The number of carbonyl (C=O) groups is 1. The van der Waals surface area contributed by atoms with E-state index in [1.165, 1.54) is 12.1 Å². The minimum absolute atomic E-state index is 0.269. The summed E-state index contributed by atoms with van der Waals surface area (Å²) in [6, 6.07) is 20.2. The van der Waals surface area contributed by atoms with Crippen molar-refractivity contribution in [3.8, 4) is 11.1 Å². The van der Waals surface area contributed by atoms with Gasteiger partial charge in [-0.25, -0.2) is 9.18 Å². The Morgan fingerprint density at radius 3 is 2.25 bits per heavy atom. The van der Waals surface area contributed by atoms with Crippen LogP contribution in [0.5, 0.6) is 0 Å². The zero-order valence-electron chi connectivity index (χ0n) is 12.7. The molecule has 0 saturated heterocycles. The maximum atomic E-state index is 12.9. The van der Waals surface area contributed by atoms with E-state index in [9.17, 15) is 14.3 Å². The van der Waals surface area contributed by atoms with E-state index in [1.807, 2.05) is 30.3 Å². The number of hydrogen-bond acceptors (Lipinski definition) is 2. The molecular formula is C20H14FNO2. The molecule has 24 heavy (non-hydrogen) atoms. The highest BCUT2D eigenvalue weighted by Crippen LogP contribution is 2.24. The van der Waals surface area contributed by atoms with Crippen molar-refractivity contribution in [1.82, 2.24) is 0 Å². The Hall–Kier alpha value is -3.27. The number of hydrogen-bond donors (Lipinski definition) is 1. The van der Waals surface area contributed by atoms with Crippen molar-refractivity contribution in [2.24, 2.45) is 4.99 Å². The molecule has 0 aromatic heterocycles. The Bertz CT molecular complexity index is 884. The summed E-state index contributed by atoms with van der Waals surface area (Å²) in [5.41, 5.74) is 3.30. The highest BCUT2D eigenvalue weighted by Gasteiger charge is 2.10. The van der Waals surface area contributed by atoms with Gasteiger partial charge >= 0.3 is 5.97 Å². The molecule has 0 radical (unpaired) electrons. The molecule has 0 bridgehead atoms. The molecule has 0 spiro atoms. The van der Waals surface area contributed by atoms with Gasteiger partial charge < -0.3 is 5.11 Å². The van der Waals surface area contributed by atoms with Gasteiger partial charge in [0.15, 0.2) is 0 Å². The van der Waals surface area contributed by atoms with E-state index in [0.717, 1.165) is 11.1 Å². The summed E-state index contributed by atoms with van der Waals surface area (Å²) in [5, 5.41) is 9.26. The van der Waals surface area contributed by atoms with Crippen molar-refractivity contribution >= 4 is 17.9 Å². The molecule has 118 valence electrons. The molecule has 0 aliphatic carbocycles. The van der Waals surface area contributed by atoms with Crippen molar-refractivity contribution in [3.63, 3.8) is 0 Å². The van der Waals surface area contributed by atoms with E-state index in [1.54, 1.807) is 36.5 Å². The molecule has 3 aromatic rings. The molecule has 4 heteroatoms. The summed E-state index contributed by atoms with van der Waals surface area (Å²) < 4.78 is 12.9. The predicted molar refractivity (Wildman–Crippen MR) is 92.5 cm³/mol. The highest BCUT2D eigenvalue weighted by atomic mass is 19.1. The minimum Gasteiger partial charge on any atom is -0.478 e. The van der Waals surface area contributed by atoms with Gasteiger partial charge in [0.05, 0.1) is 11.3 Å². The van der Waals surface area contributed by atoms with Crippen molar-refractivity contribution in [2.75, 3.05) is 0 Å². The molecule has 1 N–H and O–H groups in total. The van der Waals surface area contributed by atoms with Crippen molar-refractivity contribution < 1.29 is 14.3 Å². The van der Waals surface area contributed by atoms with Crippen LogP contribution in [-0.2, 0) is 0 Å². The standard InChI is InChI=1S/C20H14FNO2/c21-16-9-11-17(12-10-16)22-13-14-5-7-15(8-6-14)18-3-1-2-4-19(18)20(23)24/h1-13H,(H,23,24)/b22-13+. The normalized spacial score (nSPS) is 10.9. The number of benzene rings is 3. The first-order valence-corrected chi connectivity index (χ1v) is 7.36. The first kappa shape index (κ1) is 15.6. The fourth-order valence-electron chi connectivity index (χ4n) is 2.35. The van der Waals surface area contributed by atoms with Crippen molar-refractivity contribution in [2.45, 2.75) is 0 Å². The van der Waals surface area contributed by atoms with Crippen LogP contribution in [0.4, 0.5) is 10.1 Å². The Morgan fingerprint density at radius 1 is 0.917 bits per heavy atom. The fraction of sp³-hybridized carbons (Fsp3) is 0. The molecule has 0 fully saturated rings. The molecule has 0 unspecified atom stereocenters. The number of nitrogens with zero attached hydrogens (tertiary/aromatic N) is 1. The lowest BCUT2D eigenvalue weighted by molar-refractivity contribution is 0.0697. The number of halogens is 1. The van der Waals surface area contributed by atoms with E-state index in [2.05, 4.69) is 4.99 Å². The number of carboxylic acids is 1. The van der Waals surface area contributed by atoms with Gasteiger partial charge in [0.1, 0.15) is 5.82 Å². The second-order valence-corrected chi connectivity index (χ2v) is 5.21. The lowest BCUT2D eigenvalue weighted by atomic mass is 9.99. The molecule has 0 amide bonds. The minimum atomic E-state index is -0.951. The van der Waals surface area contributed by atoms with Gasteiger partial charge in [0.2, 0.25) is 0 Å². The predicted octanol–water partition coefficient (Wildman–Crippen LogP) is 4.94. The average molecular weight is 319 g/mol. The zero-order valence-corrected chi connectivity index (χ0v) is 12.7. The third-order valence-electron chi connectivity index (χ3n) is 3.57. The van der Waals surface area contributed by atoms with Crippen LogP contribution in [-0.4, -0.2) is 17.3 Å².